The van der Waals surface area contributed by atoms with Gasteiger partial charge in [-0.05, 0) is 44.2 Å². The van der Waals surface area contributed by atoms with Gasteiger partial charge in [0.1, 0.15) is 17.3 Å². The number of hydrogen-bond donors (Lipinski definition) is 0. The second kappa shape index (κ2) is 9.12. The maximum absolute atomic E-state index is 13.3. The average Bonchev–Trinajstić information content (AvgIpc) is 3.47. The number of nitro benzene ring substituents is 1. The van der Waals surface area contributed by atoms with E-state index >= 15 is 0 Å². The number of rotatable bonds is 4. The molecular weight excluding hydrogens is 465 g/mol. The van der Waals surface area contributed by atoms with Crippen LogP contribution in [0.3, 0.4) is 0 Å². The van der Waals surface area contributed by atoms with Crippen LogP contribution in [-0.4, -0.2) is 56.7 Å². The molecule has 0 spiro atoms. The van der Waals surface area contributed by atoms with Gasteiger partial charge in [-0.15, -0.1) is 10.2 Å². The number of piperidine rings is 2. The van der Waals surface area contributed by atoms with Crippen molar-refractivity contribution in [1.82, 2.24) is 19.7 Å². The Morgan fingerprint density at radius 2 is 1.83 bits per heavy atom. The summed E-state index contributed by atoms with van der Waals surface area (Å²) in [4.78, 5) is 27.6. The number of nitrogens with zero attached hydrogens (tertiary/aromatic N) is 6. The van der Waals surface area contributed by atoms with Crippen molar-refractivity contribution in [2.75, 3.05) is 31.1 Å². The van der Waals surface area contributed by atoms with E-state index in [9.17, 15) is 28.1 Å². The summed E-state index contributed by atoms with van der Waals surface area (Å²) in [5.41, 5.74) is -1.45. The lowest BCUT2D eigenvalue weighted by Crippen LogP contribution is -2.46. The van der Waals surface area contributed by atoms with E-state index in [-0.39, 0.29) is 23.4 Å². The Bertz CT molecular complexity index is 1130. The third kappa shape index (κ3) is 4.57. The summed E-state index contributed by atoms with van der Waals surface area (Å²) in [7, 11) is 0. The fourth-order valence-corrected chi connectivity index (χ4v) is 5.60. The van der Waals surface area contributed by atoms with Gasteiger partial charge < -0.3 is 14.4 Å². The topological polar surface area (TPSA) is 97.4 Å². The molecule has 2 fully saturated rings. The van der Waals surface area contributed by atoms with Crippen LogP contribution in [-0.2, 0) is 23.9 Å². The van der Waals surface area contributed by atoms with E-state index in [0.717, 1.165) is 56.0 Å². The van der Waals surface area contributed by atoms with Crippen LogP contribution in [0.5, 0.6) is 0 Å². The van der Waals surface area contributed by atoms with Crippen molar-refractivity contribution < 1.29 is 22.9 Å². The molecule has 0 bridgehead atoms. The first-order chi connectivity index (χ1) is 16.7. The van der Waals surface area contributed by atoms with E-state index < -0.39 is 22.4 Å². The van der Waals surface area contributed by atoms with E-state index in [4.69, 9.17) is 0 Å². The van der Waals surface area contributed by atoms with Crippen LogP contribution >= 0.6 is 0 Å². The van der Waals surface area contributed by atoms with Gasteiger partial charge in [0.25, 0.3) is 5.69 Å². The minimum atomic E-state index is -4.65. The molecule has 1 aromatic heterocycles. The van der Waals surface area contributed by atoms with E-state index in [0.29, 0.717) is 45.1 Å². The van der Waals surface area contributed by atoms with Crippen LogP contribution < -0.4 is 4.90 Å². The van der Waals surface area contributed by atoms with E-state index in [1.807, 2.05) is 4.90 Å². The zero-order valence-electron chi connectivity index (χ0n) is 19.2. The minimum absolute atomic E-state index is 0.0810. The molecule has 0 radical (unpaired) electrons. The standard InChI is InChI=1S/C23H27F3N6O3/c24-23(25,26)17-5-6-18(19(13-17)32(34)35)29-11-7-15(8-12-29)22(33)30-9-1-3-16(14-30)21-28-27-20-4-2-10-31(20)21/h5-6,13,15-16H,1-4,7-12,14H2/t16-/m0/s1. The number of anilines is 1. The van der Waals surface area contributed by atoms with Crippen LogP contribution in [0, 0.1) is 16.0 Å². The normalized spacial score (nSPS) is 21.3. The predicted octanol–water partition coefficient (Wildman–Crippen LogP) is 3.77. The highest BCUT2D eigenvalue weighted by Gasteiger charge is 2.37. The summed E-state index contributed by atoms with van der Waals surface area (Å²) in [5, 5.41) is 20.2. The Morgan fingerprint density at radius 3 is 2.54 bits per heavy atom. The minimum Gasteiger partial charge on any atom is -0.366 e. The summed E-state index contributed by atoms with van der Waals surface area (Å²) < 4.78 is 41.2. The number of amides is 1. The lowest BCUT2D eigenvalue weighted by atomic mass is 9.91. The van der Waals surface area contributed by atoms with E-state index in [1.165, 1.54) is 0 Å². The molecule has 188 valence electrons. The van der Waals surface area contributed by atoms with Crippen LogP contribution in [0.15, 0.2) is 18.2 Å². The number of halogens is 3. The second-order valence-corrected chi connectivity index (χ2v) is 9.57. The van der Waals surface area contributed by atoms with Crippen molar-refractivity contribution in [2.24, 2.45) is 5.92 Å². The summed E-state index contributed by atoms with van der Waals surface area (Å²) in [6.45, 7) is 2.98. The number of carbonyl (C=O) groups excluding carboxylic acids is 1. The molecule has 2 aromatic rings. The molecule has 1 atom stereocenters. The maximum atomic E-state index is 13.3. The number of aromatic nitrogens is 3. The summed E-state index contributed by atoms with van der Waals surface area (Å²) in [6.07, 6.45) is 0.229. The number of fused-ring (bicyclic) bond motifs is 1. The zero-order valence-corrected chi connectivity index (χ0v) is 19.2. The quantitative estimate of drug-likeness (QED) is 0.476. The third-order valence-electron chi connectivity index (χ3n) is 7.42. The fraction of sp³-hybridized carbons (Fsp3) is 0.609. The van der Waals surface area contributed by atoms with Gasteiger partial charge >= 0.3 is 6.18 Å². The highest BCUT2D eigenvalue weighted by Crippen LogP contribution is 2.38. The summed E-state index contributed by atoms with van der Waals surface area (Å²) in [5.74, 6) is 2.04. The molecule has 1 aromatic carbocycles. The SMILES string of the molecule is O=C(C1CCN(c2ccc(C(F)(F)F)cc2[N+](=O)[O-])CC1)N1CCC[C@H](c2nnc3n2CCC3)C1. The summed E-state index contributed by atoms with van der Waals surface area (Å²) >= 11 is 0. The largest absolute Gasteiger partial charge is 0.416 e. The highest BCUT2D eigenvalue weighted by atomic mass is 19.4. The van der Waals surface area contributed by atoms with Crippen molar-refractivity contribution >= 4 is 17.3 Å². The van der Waals surface area contributed by atoms with Crippen molar-refractivity contribution in [2.45, 2.75) is 57.2 Å². The smallest absolute Gasteiger partial charge is 0.366 e. The average molecular weight is 493 g/mol. The zero-order chi connectivity index (χ0) is 24.7. The van der Waals surface area contributed by atoms with Crippen molar-refractivity contribution in [3.8, 4) is 0 Å². The van der Waals surface area contributed by atoms with Crippen molar-refractivity contribution in [3.05, 3.63) is 45.5 Å². The van der Waals surface area contributed by atoms with Gasteiger partial charge in [0.05, 0.1) is 10.5 Å². The molecule has 35 heavy (non-hydrogen) atoms. The molecule has 0 unspecified atom stereocenters. The second-order valence-electron chi connectivity index (χ2n) is 9.57. The molecular formula is C23H27F3N6O3. The molecule has 9 nitrogen and oxygen atoms in total. The molecule has 0 saturated carbocycles. The highest BCUT2D eigenvalue weighted by molar-refractivity contribution is 5.79. The van der Waals surface area contributed by atoms with E-state index in [1.54, 1.807) is 4.90 Å². The van der Waals surface area contributed by atoms with Gasteiger partial charge in [0, 0.05) is 57.0 Å². The third-order valence-corrected chi connectivity index (χ3v) is 7.42. The maximum Gasteiger partial charge on any atom is 0.416 e. The van der Waals surface area contributed by atoms with Crippen molar-refractivity contribution in [1.29, 1.82) is 0 Å². The van der Waals surface area contributed by atoms with Crippen LogP contribution in [0.2, 0.25) is 0 Å². The lowest BCUT2D eigenvalue weighted by Gasteiger charge is -2.38. The van der Waals surface area contributed by atoms with Gasteiger partial charge in [-0.2, -0.15) is 13.2 Å². The molecule has 12 heteroatoms. The first kappa shape index (κ1) is 23.6. The van der Waals surface area contributed by atoms with Gasteiger partial charge in [-0.25, -0.2) is 0 Å². The van der Waals surface area contributed by atoms with Crippen LogP contribution in [0.1, 0.15) is 55.2 Å². The Kier molecular flexibility index (Phi) is 6.14. The van der Waals surface area contributed by atoms with E-state index in [2.05, 4.69) is 14.8 Å². The molecule has 1 amide bonds. The summed E-state index contributed by atoms with van der Waals surface area (Å²) in [6, 6.07) is 2.62. The molecule has 2 saturated heterocycles. The molecule has 4 heterocycles. The lowest BCUT2D eigenvalue weighted by molar-refractivity contribution is -0.384. The molecule has 0 aliphatic carbocycles. The number of hydrogen-bond acceptors (Lipinski definition) is 6. The number of nitro groups is 1. The van der Waals surface area contributed by atoms with Gasteiger partial charge in [-0.1, -0.05) is 0 Å². The van der Waals surface area contributed by atoms with Crippen molar-refractivity contribution in [3.63, 3.8) is 0 Å². The number of likely N-dealkylation sites (tertiary alicyclic amines) is 1. The molecule has 5 rings (SSSR count). The van der Waals surface area contributed by atoms with Gasteiger partial charge in [0.2, 0.25) is 5.91 Å². The van der Waals surface area contributed by atoms with Gasteiger partial charge in [0.15, 0.2) is 0 Å². The first-order valence-corrected chi connectivity index (χ1v) is 12.0. The number of benzene rings is 1. The molecule has 0 N–H and O–H groups in total. The monoisotopic (exact) mass is 492 g/mol. The number of alkyl halides is 3. The Balaban J connectivity index is 1.23. The molecule has 3 aliphatic heterocycles. The molecule has 3 aliphatic rings. The van der Waals surface area contributed by atoms with Crippen LogP contribution in [0.25, 0.3) is 0 Å². The number of carbonyl (C=O) groups is 1. The first-order valence-electron chi connectivity index (χ1n) is 12.0. The predicted molar refractivity (Wildman–Crippen MR) is 120 cm³/mol. The fourth-order valence-electron chi connectivity index (χ4n) is 5.60. The van der Waals surface area contributed by atoms with Gasteiger partial charge in [-0.3, -0.25) is 14.9 Å². The Hall–Kier alpha value is -3.18. The Labute approximate surface area is 200 Å². The van der Waals surface area contributed by atoms with Crippen LogP contribution in [0.4, 0.5) is 24.5 Å². The number of aryl methyl sites for hydroxylation is 1. The Morgan fingerprint density at radius 1 is 1.06 bits per heavy atom.